The highest BCUT2D eigenvalue weighted by Crippen LogP contribution is 2.37. The van der Waals surface area contributed by atoms with E-state index in [1.165, 1.54) is 7.11 Å². The van der Waals surface area contributed by atoms with Gasteiger partial charge in [-0.25, -0.2) is 14.8 Å². The molecule has 8 heteroatoms. The maximum absolute atomic E-state index is 11.5. The number of nitrogen functional groups attached to an aromatic ring is 1. The van der Waals surface area contributed by atoms with Crippen LogP contribution in [0.3, 0.4) is 0 Å². The smallest absolute Gasteiger partial charge is 0.358 e. The predicted molar refractivity (Wildman–Crippen MR) is 105 cm³/mol. The van der Waals surface area contributed by atoms with Gasteiger partial charge < -0.3 is 25.2 Å². The summed E-state index contributed by atoms with van der Waals surface area (Å²) in [6.07, 6.45) is 1.99. The molecular weight excluding hydrogens is 348 g/mol. The lowest BCUT2D eigenvalue weighted by molar-refractivity contribution is 0.0691. The van der Waals surface area contributed by atoms with Crippen LogP contribution in [0.5, 0.6) is 11.5 Å². The van der Waals surface area contributed by atoms with Gasteiger partial charge in [-0.05, 0) is 25.5 Å². The number of aromatic nitrogens is 2. The molecular formula is C19H26N4O4. The maximum Gasteiger partial charge on any atom is 0.358 e. The lowest BCUT2D eigenvalue weighted by atomic mass is 10.1. The number of aromatic carboxylic acids is 1. The van der Waals surface area contributed by atoms with Gasteiger partial charge in [-0.15, -0.1) is 0 Å². The summed E-state index contributed by atoms with van der Waals surface area (Å²) in [5.74, 6) is 0.340. The van der Waals surface area contributed by atoms with Crippen molar-refractivity contribution < 1.29 is 19.4 Å². The van der Waals surface area contributed by atoms with E-state index in [9.17, 15) is 9.90 Å². The van der Waals surface area contributed by atoms with Crippen molar-refractivity contribution in [3.63, 3.8) is 0 Å². The molecule has 27 heavy (non-hydrogen) atoms. The first-order valence-corrected chi connectivity index (χ1v) is 8.84. The van der Waals surface area contributed by atoms with E-state index >= 15 is 0 Å². The Balaban J connectivity index is 2.71. The molecule has 0 bridgehead atoms. The number of benzene rings is 1. The van der Waals surface area contributed by atoms with Crippen LogP contribution in [0.25, 0.3) is 11.3 Å². The first kappa shape index (κ1) is 20.3. The van der Waals surface area contributed by atoms with Crippen molar-refractivity contribution in [2.24, 2.45) is 0 Å². The number of rotatable bonds is 9. The molecule has 1 aromatic heterocycles. The van der Waals surface area contributed by atoms with Crippen molar-refractivity contribution in [3.05, 3.63) is 23.9 Å². The average Bonchev–Trinajstić information content (AvgIpc) is 2.68. The van der Waals surface area contributed by atoms with Crippen LogP contribution in [0.15, 0.2) is 18.2 Å². The van der Waals surface area contributed by atoms with E-state index in [-0.39, 0.29) is 11.5 Å². The summed E-state index contributed by atoms with van der Waals surface area (Å²) in [6.45, 7) is 5.56. The van der Waals surface area contributed by atoms with E-state index in [0.717, 1.165) is 19.4 Å². The van der Waals surface area contributed by atoms with Crippen LogP contribution in [-0.2, 0) is 0 Å². The van der Waals surface area contributed by atoms with Gasteiger partial charge in [0.1, 0.15) is 17.2 Å². The minimum Gasteiger partial charge on any atom is -0.497 e. The van der Waals surface area contributed by atoms with Gasteiger partial charge in [0.2, 0.25) is 0 Å². The number of carboxylic acid groups (broad SMARTS) is 1. The SMILES string of the molecule is CCCCN(CC)c1nc(N)c(C(=O)O)nc1-c1ccc(OC)cc1OC. The summed E-state index contributed by atoms with van der Waals surface area (Å²) in [6, 6.07) is 5.27. The molecule has 2 rings (SSSR count). The topological polar surface area (TPSA) is 111 Å². The van der Waals surface area contributed by atoms with E-state index < -0.39 is 5.97 Å². The summed E-state index contributed by atoms with van der Waals surface area (Å²) in [7, 11) is 3.10. The third-order valence-corrected chi connectivity index (χ3v) is 4.23. The van der Waals surface area contributed by atoms with Crippen LogP contribution >= 0.6 is 0 Å². The number of anilines is 2. The Labute approximate surface area is 158 Å². The summed E-state index contributed by atoms with van der Waals surface area (Å²) in [5, 5.41) is 9.43. The lowest BCUT2D eigenvalue weighted by Gasteiger charge is -2.25. The second-order valence-electron chi connectivity index (χ2n) is 5.93. The first-order chi connectivity index (χ1) is 13.0. The summed E-state index contributed by atoms with van der Waals surface area (Å²) < 4.78 is 10.7. The monoisotopic (exact) mass is 374 g/mol. The predicted octanol–water partition coefficient (Wildman–Crippen LogP) is 3.07. The number of carbonyl (C=O) groups is 1. The molecule has 0 spiro atoms. The van der Waals surface area contributed by atoms with Gasteiger partial charge in [-0.3, -0.25) is 0 Å². The Kier molecular flexibility index (Phi) is 6.81. The van der Waals surface area contributed by atoms with Crippen molar-refractivity contribution in [1.82, 2.24) is 9.97 Å². The molecule has 0 aliphatic heterocycles. The Morgan fingerprint density at radius 2 is 1.96 bits per heavy atom. The van der Waals surface area contributed by atoms with Crippen LogP contribution in [0.1, 0.15) is 37.2 Å². The van der Waals surface area contributed by atoms with Gasteiger partial charge in [-0.2, -0.15) is 0 Å². The Morgan fingerprint density at radius 3 is 2.52 bits per heavy atom. The van der Waals surface area contributed by atoms with Crippen LogP contribution in [0.2, 0.25) is 0 Å². The average molecular weight is 374 g/mol. The Hall–Kier alpha value is -3.03. The lowest BCUT2D eigenvalue weighted by Crippen LogP contribution is -2.27. The molecule has 1 aromatic carbocycles. The minimum absolute atomic E-state index is 0.108. The zero-order chi connectivity index (χ0) is 20.0. The van der Waals surface area contributed by atoms with Gasteiger partial charge in [-0.1, -0.05) is 13.3 Å². The molecule has 0 saturated heterocycles. The van der Waals surface area contributed by atoms with Crippen molar-refractivity contribution in [2.75, 3.05) is 37.9 Å². The standard InChI is InChI=1S/C19H26N4O4/c1-5-7-10-23(6-2)18-15(21-16(19(24)25)17(20)22-18)13-9-8-12(26-3)11-14(13)27-4/h8-9,11H,5-7,10H2,1-4H3,(H2,20,22)(H,24,25). The molecule has 0 aliphatic rings. The quantitative estimate of drug-likeness (QED) is 0.689. The number of unbranched alkanes of at least 4 members (excludes halogenated alkanes) is 1. The van der Waals surface area contributed by atoms with Crippen LogP contribution in [0.4, 0.5) is 11.6 Å². The first-order valence-electron chi connectivity index (χ1n) is 8.84. The molecule has 0 radical (unpaired) electrons. The van der Waals surface area contributed by atoms with E-state index in [2.05, 4.69) is 16.9 Å². The van der Waals surface area contributed by atoms with Crippen LogP contribution in [-0.4, -0.2) is 48.4 Å². The third-order valence-electron chi connectivity index (χ3n) is 4.23. The van der Waals surface area contributed by atoms with Gasteiger partial charge in [0.15, 0.2) is 17.3 Å². The number of carboxylic acids is 1. The molecule has 0 unspecified atom stereocenters. The molecule has 0 aliphatic carbocycles. The highest BCUT2D eigenvalue weighted by atomic mass is 16.5. The number of hydrogen-bond donors (Lipinski definition) is 2. The zero-order valence-electron chi connectivity index (χ0n) is 16.2. The minimum atomic E-state index is -1.23. The molecule has 3 N–H and O–H groups in total. The molecule has 146 valence electrons. The highest BCUT2D eigenvalue weighted by molar-refractivity contribution is 5.92. The Morgan fingerprint density at radius 1 is 1.22 bits per heavy atom. The normalized spacial score (nSPS) is 10.5. The molecule has 0 amide bonds. The molecule has 8 nitrogen and oxygen atoms in total. The van der Waals surface area contributed by atoms with Crippen molar-refractivity contribution in [2.45, 2.75) is 26.7 Å². The van der Waals surface area contributed by atoms with E-state index in [0.29, 0.717) is 35.1 Å². The summed E-state index contributed by atoms with van der Waals surface area (Å²) >= 11 is 0. The third kappa shape index (κ3) is 4.39. The number of nitrogens with two attached hydrogens (primary N) is 1. The van der Waals surface area contributed by atoms with Crippen LogP contribution < -0.4 is 20.1 Å². The summed E-state index contributed by atoms with van der Waals surface area (Å²) in [4.78, 5) is 22.3. The van der Waals surface area contributed by atoms with Gasteiger partial charge in [0, 0.05) is 24.7 Å². The number of methoxy groups -OCH3 is 2. The zero-order valence-corrected chi connectivity index (χ0v) is 16.2. The molecule has 0 saturated carbocycles. The fourth-order valence-electron chi connectivity index (χ4n) is 2.75. The largest absolute Gasteiger partial charge is 0.497 e. The fraction of sp³-hybridized carbons (Fsp3) is 0.421. The number of nitrogens with zero attached hydrogens (tertiary/aromatic N) is 3. The van der Waals surface area contributed by atoms with E-state index in [1.807, 2.05) is 11.8 Å². The van der Waals surface area contributed by atoms with Crippen molar-refractivity contribution in [3.8, 4) is 22.8 Å². The fourth-order valence-corrected chi connectivity index (χ4v) is 2.75. The highest BCUT2D eigenvalue weighted by Gasteiger charge is 2.23. The summed E-state index contributed by atoms with van der Waals surface area (Å²) in [5.41, 5.74) is 6.63. The number of hydrogen-bond acceptors (Lipinski definition) is 7. The van der Waals surface area contributed by atoms with Crippen LogP contribution in [0, 0.1) is 0 Å². The molecule has 2 aromatic rings. The Bertz CT molecular complexity index is 811. The number of ether oxygens (including phenoxy) is 2. The maximum atomic E-state index is 11.5. The van der Waals surface area contributed by atoms with E-state index in [1.54, 1.807) is 25.3 Å². The van der Waals surface area contributed by atoms with Crippen molar-refractivity contribution in [1.29, 1.82) is 0 Å². The molecule has 0 atom stereocenters. The second-order valence-corrected chi connectivity index (χ2v) is 5.93. The second kappa shape index (κ2) is 9.07. The van der Waals surface area contributed by atoms with E-state index in [4.69, 9.17) is 15.2 Å². The van der Waals surface area contributed by atoms with Crippen molar-refractivity contribution >= 4 is 17.6 Å². The van der Waals surface area contributed by atoms with Gasteiger partial charge in [0.25, 0.3) is 0 Å². The van der Waals surface area contributed by atoms with Gasteiger partial charge >= 0.3 is 5.97 Å². The molecule has 1 heterocycles. The molecule has 0 fully saturated rings. The van der Waals surface area contributed by atoms with Gasteiger partial charge in [0.05, 0.1) is 14.2 Å².